The molecule has 2 aliphatic rings. The van der Waals surface area contributed by atoms with E-state index in [0.29, 0.717) is 7.25 Å². The fraction of sp³-hybridized carbons (Fsp3) is 0.280. The Morgan fingerprint density at radius 1 is 0.554 bits per heavy atom. The number of furan rings is 2. The zero-order valence-electron chi connectivity index (χ0n) is 34.4. The summed E-state index contributed by atoms with van der Waals surface area (Å²) >= 11 is -2.70. The fourth-order valence-corrected chi connectivity index (χ4v) is 29.1. The van der Waals surface area contributed by atoms with Crippen LogP contribution < -0.4 is 24.8 Å². The maximum absolute atomic E-state index is 6.64. The van der Waals surface area contributed by atoms with Crippen LogP contribution in [0.4, 0.5) is 0 Å². The molecule has 0 amide bonds. The molecule has 0 saturated heterocycles. The Morgan fingerprint density at radius 3 is 1.29 bits per heavy atom. The van der Waals surface area contributed by atoms with Crippen molar-refractivity contribution in [3.05, 3.63) is 164 Å². The van der Waals surface area contributed by atoms with Crippen LogP contribution in [0.3, 0.4) is 0 Å². The minimum absolute atomic E-state index is 0. The number of aryl methyl sites for hydroxylation is 6. The molecular formula is C50H52Cl2O2SiZr. The van der Waals surface area contributed by atoms with Gasteiger partial charge in [-0.2, -0.15) is 0 Å². The molecule has 2 aromatic heterocycles. The van der Waals surface area contributed by atoms with E-state index in [2.05, 4.69) is 166 Å². The average Bonchev–Trinajstić information content (AvgIpc) is 3.96. The van der Waals surface area contributed by atoms with Crippen molar-refractivity contribution in [2.75, 3.05) is 0 Å². The van der Waals surface area contributed by atoms with Crippen molar-refractivity contribution in [3.8, 4) is 22.3 Å². The van der Waals surface area contributed by atoms with E-state index in [9.17, 15) is 0 Å². The van der Waals surface area contributed by atoms with Gasteiger partial charge in [0, 0.05) is 0 Å². The van der Waals surface area contributed by atoms with E-state index in [1.54, 1.807) is 0 Å². The molecule has 0 N–H and O–H groups in total. The summed E-state index contributed by atoms with van der Waals surface area (Å²) in [5.41, 5.74) is 21.7. The van der Waals surface area contributed by atoms with Crippen molar-refractivity contribution in [1.29, 1.82) is 0 Å². The minimum Gasteiger partial charge on any atom is -1.00 e. The molecule has 0 fully saturated rings. The van der Waals surface area contributed by atoms with Gasteiger partial charge in [-0.1, -0.05) is 0 Å². The predicted octanol–water partition coefficient (Wildman–Crippen LogP) is 7.95. The van der Waals surface area contributed by atoms with Crippen LogP contribution in [0.1, 0.15) is 99.8 Å². The molecule has 286 valence electrons. The summed E-state index contributed by atoms with van der Waals surface area (Å²) in [7, 11) is 0. The number of rotatable bonds is 8. The number of fused-ring (bicyclic) bond motifs is 2. The van der Waals surface area contributed by atoms with E-state index in [-0.39, 0.29) is 24.8 Å². The van der Waals surface area contributed by atoms with Crippen molar-refractivity contribution in [2.24, 2.45) is 0 Å². The first-order valence-corrected chi connectivity index (χ1v) is 28.7. The normalized spacial score (nSPS) is 15.2. The molecule has 0 bridgehead atoms. The van der Waals surface area contributed by atoms with Gasteiger partial charge in [0.1, 0.15) is 0 Å². The van der Waals surface area contributed by atoms with E-state index < -0.39 is 25.8 Å². The Hall–Kier alpha value is -3.40. The van der Waals surface area contributed by atoms with E-state index in [1.165, 1.54) is 89.0 Å². The third-order valence-corrected chi connectivity index (χ3v) is 31.5. The molecule has 6 aromatic rings. The molecule has 0 aliphatic heterocycles. The number of hydrogen-bond donors (Lipinski definition) is 0. The van der Waals surface area contributed by atoms with Gasteiger partial charge in [0.2, 0.25) is 0 Å². The Bertz CT molecular complexity index is 2410. The summed E-state index contributed by atoms with van der Waals surface area (Å²) < 4.78 is 14.0. The van der Waals surface area contributed by atoms with E-state index in [4.69, 9.17) is 8.83 Å². The molecule has 8 rings (SSSR count). The monoisotopic (exact) mass is 872 g/mol. The maximum Gasteiger partial charge on any atom is -1.00 e. The van der Waals surface area contributed by atoms with Crippen LogP contribution in [0.2, 0.25) is 13.1 Å². The van der Waals surface area contributed by atoms with E-state index in [0.717, 1.165) is 35.9 Å². The van der Waals surface area contributed by atoms with Crippen molar-refractivity contribution in [3.63, 3.8) is 0 Å². The summed E-state index contributed by atoms with van der Waals surface area (Å²) in [4.78, 5) is 0. The van der Waals surface area contributed by atoms with Crippen molar-refractivity contribution in [2.45, 2.75) is 88.6 Å². The van der Waals surface area contributed by atoms with Gasteiger partial charge in [0.05, 0.1) is 0 Å². The van der Waals surface area contributed by atoms with Gasteiger partial charge in [0.15, 0.2) is 0 Å². The maximum atomic E-state index is 6.64. The Morgan fingerprint density at radius 2 is 0.946 bits per heavy atom. The van der Waals surface area contributed by atoms with Gasteiger partial charge in [-0.3, -0.25) is 0 Å². The Kier molecular flexibility index (Phi) is 12.7. The zero-order valence-corrected chi connectivity index (χ0v) is 39.3. The number of hydrogen-bond acceptors (Lipinski definition) is 2. The molecule has 56 heavy (non-hydrogen) atoms. The van der Waals surface area contributed by atoms with Crippen LogP contribution in [0.25, 0.3) is 45.6 Å². The second-order valence-corrected chi connectivity index (χ2v) is 33.6. The summed E-state index contributed by atoms with van der Waals surface area (Å²) in [6.45, 7) is 23.3. The smallest absolute Gasteiger partial charge is 1.00 e. The topological polar surface area (TPSA) is 26.3 Å². The van der Waals surface area contributed by atoms with Crippen LogP contribution in [0.15, 0.2) is 93.8 Å². The number of benzene rings is 4. The minimum atomic E-state index is -2.70. The molecule has 0 radical (unpaired) electrons. The summed E-state index contributed by atoms with van der Waals surface area (Å²) in [5, 5.41) is 0. The number of allylic oxidation sites excluding steroid dienone is 2. The Balaban J connectivity index is 0.00000266. The van der Waals surface area contributed by atoms with Gasteiger partial charge >= 0.3 is 332 Å². The number of halogens is 2. The van der Waals surface area contributed by atoms with E-state index in [1.807, 2.05) is 0 Å². The molecule has 6 heteroatoms. The first-order valence-electron chi connectivity index (χ1n) is 19.7. The van der Waals surface area contributed by atoms with Gasteiger partial charge in [-0.05, 0) is 0 Å². The molecule has 4 aromatic carbocycles. The van der Waals surface area contributed by atoms with Crippen LogP contribution in [-0.4, -0.2) is 5.43 Å². The second kappa shape index (κ2) is 16.8. The summed E-state index contributed by atoms with van der Waals surface area (Å²) in [5.74, 6) is 4.01. The molecule has 2 atom stereocenters. The van der Waals surface area contributed by atoms with Crippen molar-refractivity contribution >= 4 is 28.7 Å². The fourth-order valence-electron chi connectivity index (χ4n) is 9.39. The predicted molar refractivity (Wildman–Crippen MR) is 227 cm³/mol. The quantitative estimate of drug-likeness (QED) is 0.145. The van der Waals surface area contributed by atoms with Crippen LogP contribution in [-0.2, 0) is 33.2 Å². The summed E-state index contributed by atoms with van der Waals surface area (Å²) in [6, 6.07) is 32.0. The van der Waals surface area contributed by atoms with E-state index >= 15 is 0 Å². The van der Waals surface area contributed by atoms with Gasteiger partial charge in [0.25, 0.3) is 0 Å². The molecule has 2 nitrogen and oxygen atoms in total. The Labute approximate surface area is 354 Å². The van der Waals surface area contributed by atoms with Crippen LogP contribution >= 0.6 is 0 Å². The average molecular weight is 875 g/mol. The standard InChI is InChI=1S/2C24H23O.C2H6Si.2ClH.Zr/c2*1-5-18-8-6-7-9-21(18)24-17(4)15(2)12-19-13-20(14-22(19)24)23-11-10-16(3)25-23;1-3-2;;;/h2*6-14H,5H2,1-4H3;1-2H3;2*1H;/q;;;;;+2/p-2. The second-order valence-electron chi connectivity index (χ2n) is 15.8. The van der Waals surface area contributed by atoms with Gasteiger partial charge in [-0.15, -0.1) is 0 Å². The third-order valence-electron chi connectivity index (χ3n) is 12.3. The molecular weight excluding hydrogens is 823 g/mol. The largest absolute Gasteiger partial charge is 1.00 e. The van der Waals surface area contributed by atoms with Gasteiger partial charge in [-0.25, -0.2) is 0 Å². The summed E-state index contributed by atoms with van der Waals surface area (Å²) in [6.07, 6.45) is 7.12. The van der Waals surface area contributed by atoms with Crippen LogP contribution in [0, 0.1) is 41.5 Å². The molecule has 2 unspecified atom stereocenters. The first kappa shape index (κ1) is 42.2. The van der Waals surface area contributed by atoms with Crippen LogP contribution in [0.5, 0.6) is 0 Å². The first-order chi connectivity index (χ1) is 26.0. The molecule has 2 aliphatic carbocycles. The molecule has 0 saturated carbocycles. The SMILES string of the molecule is CCc1ccccc1-c1c(C)c(C)cc2c1C=C(c1ccc(C)o1)[CH]2[Zr+2]([CH]1C(c2ccc(C)o2)=Cc2c1cc(C)c(C)c2-c1ccccc1CC)=[Si](C)C.[Cl-].[Cl-]. The van der Waals surface area contributed by atoms with Crippen molar-refractivity contribution in [1.82, 2.24) is 0 Å². The van der Waals surface area contributed by atoms with Crippen molar-refractivity contribution < 1.29 is 54.0 Å². The molecule has 2 heterocycles. The van der Waals surface area contributed by atoms with Gasteiger partial charge < -0.3 is 24.8 Å². The third kappa shape index (κ3) is 7.08. The zero-order chi connectivity index (χ0) is 38.0. The molecule has 0 spiro atoms.